The Morgan fingerprint density at radius 3 is 2.53 bits per heavy atom. The van der Waals surface area contributed by atoms with Crippen LogP contribution in [0.25, 0.3) is 0 Å². The first-order chi connectivity index (χ1) is 8.04. The van der Waals surface area contributed by atoms with Gasteiger partial charge in [-0.2, -0.15) is 0 Å². The molecule has 2 N–H and O–H groups in total. The van der Waals surface area contributed by atoms with Crippen molar-refractivity contribution in [2.75, 3.05) is 12.4 Å². The molecule has 0 saturated heterocycles. The Labute approximate surface area is 104 Å². The van der Waals surface area contributed by atoms with Crippen molar-refractivity contribution in [3.8, 4) is 0 Å². The van der Waals surface area contributed by atoms with Gasteiger partial charge < -0.3 is 10.2 Å². The molecular formula is C12H15FO3S. The highest BCUT2D eigenvalue weighted by Gasteiger charge is 2.16. The van der Waals surface area contributed by atoms with Crippen molar-refractivity contribution in [3.05, 3.63) is 35.6 Å². The molecule has 0 aromatic heterocycles. The molecule has 0 aliphatic carbocycles. The van der Waals surface area contributed by atoms with E-state index in [0.29, 0.717) is 11.3 Å². The summed E-state index contributed by atoms with van der Waals surface area (Å²) in [6, 6.07) is 5.37. The molecule has 0 heterocycles. The zero-order chi connectivity index (χ0) is 12.8. The van der Waals surface area contributed by atoms with Crippen LogP contribution in [0.1, 0.15) is 17.3 Å². The van der Waals surface area contributed by atoms with Gasteiger partial charge in [-0.1, -0.05) is 0 Å². The van der Waals surface area contributed by atoms with Gasteiger partial charge in [-0.25, -0.2) is 4.39 Å². The maximum atomic E-state index is 12.7. The van der Waals surface area contributed by atoms with Gasteiger partial charge in [0, 0.05) is 11.3 Å². The summed E-state index contributed by atoms with van der Waals surface area (Å²) >= 11 is 1.26. The lowest BCUT2D eigenvalue weighted by Crippen LogP contribution is -2.20. The van der Waals surface area contributed by atoms with E-state index in [1.165, 1.54) is 36.0 Å². The summed E-state index contributed by atoms with van der Waals surface area (Å²) in [5.74, 6) is -0.192. The molecule has 1 aromatic rings. The van der Waals surface area contributed by atoms with E-state index in [0.717, 1.165) is 0 Å². The molecular weight excluding hydrogens is 243 g/mol. The minimum Gasteiger partial charge on any atom is -0.394 e. The van der Waals surface area contributed by atoms with E-state index in [4.69, 9.17) is 10.2 Å². The standard InChI is InChI=1S/C12H15FO3S/c1-8(17-7-11(15)6-14)12(16)9-2-4-10(13)5-3-9/h2-5,8,11,14-15H,6-7H2,1H3. The first kappa shape index (κ1) is 14.2. The molecule has 1 aromatic carbocycles. The molecule has 2 atom stereocenters. The van der Waals surface area contributed by atoms with Crippen LogP contribution >= 0.6 is 11.8 Å². The van der Waals surface area contributed by atoms with E-state index in [1.807, 2.05) is 0 Å². The highest BCUT2D eigenvalue weighted by molar-refractivity contribution is 8.00. The van der Waals surface area contributed by atoms with Crippen molar-refractivity contribution in [1.29, 1.82) is 0 Å². The third kappa shape index (κ3) is 4.46. The van der Waals surface area contributed by atoms with Crippen molar-refractivity contribution >= 4 is 17.5 Å². The van der Waals surface area contributed by atoms with Crippen molar-refractivity contribution < 1.29 is 19.4 Å². The number of hydrogen-bond acceptors (Lipinski definition) is 4. The zero-order valence-corrected chi connectivity index (χ0v) is 10.3. The lowest BCUT2D eigenvalue weighted by molar-refractivity contribution is 0.0992. The predicted molar refractivity (Wildman–Crippen MR) is 65.7 cm³/mol. The van der Waals surface area contributed by atoms with Crippen LogP contribution in [0.15, 0.2) is 24.3 Å². The first-order valence-corrected chi connectivity index (χ1v) is 6.29. The molecule has 0 aliphatic rings. The fraction of sp³-hybridized carbons (Fsp3) is 0.417. The van der Waals surface area contributed by atoms with Crippen LogP contribution in [-0.2, 0) is 0 Å². The SMILES string of the molecule is CC(SCC(O)CO)C(=O)c1ccc(F)cc1. The van der Waals surface area contributed by atoms with E-state index in [-0.39, 0.29) is 23.5 Å². The second-order valence-corrected chi connectivity index (χ2v) is 5.06. The molecule has 0 aliphatic heterocycles. The molecule has 1 rings (SSSR count). The molecule has 0 spiro atoms. The predicted octanol–water partition coefficient (Wildman–Crippen LogP) is 1.48. The number of hydrogen-bond donors (Lipinski definition) is 2. The van der Waals surface area contributed by atoms with Gasteiger partial charge >= 0.3 is 0 Å². The number of aliphatic hydroxyl groups is 2. The molecule has 2 unspecified atom stereocenters. The van der Waals surface area contributed by atoms with Crippen molar-refractivity contribution in [2.24, 2.45) is 0 Å². The molecule has 0 bridgehead atoms. The van der Waals surface area contributed by atoms with Crippen LogP contribution in [0, 0.1) is 5.82 Å². The normalized spacial score (nSPS) is 14.4. The lowest BCUT2D eigenvalue weighted by atomic mass is 10.1. The van der Waals surface area contributed by atoms with Gasteiger partial charge in [0.15, 0.2) is 5.78 Å². The number of Topliss-reactive ketones (excluding diaryl/α,β-unsaturated/α-hetero) is 1. The largest absolute Gasteiger partial charge is 0.394 e. The maximum absolute atomic E-state index is 12.7. The Morgan fingerprint density at radius 1 is 1.41 bits per heavy atom. The smallest absolute Gasteiger partial charge is 0.175 e. The van der Waals surface area contributed by atoms with E-state index >= 15 is 0 Å². The Kier molecular flexibility index (Phi) is 5.61. The Bertz CT molecular complexity index is 367. The summed E-state index contributed by atoms with van der Waals surface area (Å²) in [6.45, 7) is 1.41. The number of benzene rings is 1. The van der Waals surface area contributed by atoms with Gasteiger partial charge in [-0.3, -0.25) is 4.79 Å². The number of rotatable bonds is 6. The second-order valence-electron chi connectivity index (χ2n) is 3.68. The van der Waals surface area contributed by atoms with Gasteiger partial charge in [-0.15, -0.1) is 11.8 Å². The van der Waals surface area contributed by atoms with Gasteiger partial charge in [0.05, 0.1) is 18.0 Å². The minimum absolute atomic E-state index is 0.111. The average Bonchev–Trinajstić information content (AvgIpc) is 2.35. The third-order valence-electron chi connectivity index (χ3n) is 2.25. The number of ketones is 1. The highest BCUT2D eigenvalue weighted by Crippen LogP contribution is 2.17. The summed E-state index contributed by atoms with van der Waals surface area (Å²) < 4.78 is 12.7. The van der Waals surface area contributed by atoms with Gasteiger partial charge in [0.25, 0.3) is 0 Å². The summed E-state index contributed by atoms with van der Waals surface area (Å²) in [6.07, 6.45) is -0.816. The Balaban J connectivity index is 2.54. The first-order valence-electron chi connectivity index (χ1n) is 5.25. The fourth-order valence-electron chi connectivity index (χ4n) is 1.23. The quantitative estimate of drug-likeness (QED) is 0.759. The monoisotopic (exact) mass is 258 g/mol. The van der Waals surface area contributed by atoms with E-state index in [1.54, 1.807) is 6.92 Å². The van der Waals surface area contributed by atoms with Crippen LogP contribution < -0.4 is 0 Å². The van der Waals surface area contributed by atoms with Crippen molar-refractivity contribution in [2.45, 2.75) is 18.3 Å². The molecule has 5 heteroatoms. The Morgan fingerprint density at radius 2 is 2.00 bits per heavy atom. The average molecular weight is 258 g/mol. The molecule has 17 heavy (non-hydrogen) atoms. The maximum Gasteiger partial charge on any atom is 0.175 e. The number of aliphatic hydroxyl groups excluding tert-OH is 2. The summed E-state index contributed by atoms with van der Waals surface area (Å²) in [5, 5.41) is 17.5. The van der Waals surface area contributed by atoms with Crippen LogP contribution in [0.4, 0.5) is 4.39 Å². The van der Waals surface area contributed by atoms with Crippen molar-refractivity contribution in [3.63, 3.8) is 0 Å². The molecule has 3 nitrogen and oxygen atoms in total. The number of halogens is 1. The van der Waals surface area contributed by atoms with E-state index < -0.39 is 6.10 Å². The lowest BCUT2D eigenvalue weighted by Gasteiger charge is -2.12. The fourth-order valence-corrected chi connectivity index (χ4v) is 2.14. The van der Waals surface area contributed by atoms with Crippen LogP contribution in [0.5, 0.6) is 0 Å². The van der Waals surface area contributed by atoms with Gasteiger partial charge in [-0.05, 0) is 31.2 Å². The highest BCUT2D eigenvalue weighted by atomic mass is 32.2. The van der Waals surface area contributed by atoms with Crippen LogP contribution in [-0.4, -0.2) is 39.7 Å². The second kappa shape index (κ2) is 6.74. The molecule has 94 valence electrons. The number of thioether (sulfide) groups is 1. The van der Waals surface area contributed by atoms with Crippen LogP contribution in [0.2, 0.25) is 0 Å². The van der Waals surface area contributed by atoms with E-state index in [2.05, 4.69) is 0 Å². The zero-order valence-electron chi connectivity index (χ0n) is 9.47. The molecule has 0 saturated carbocycles. The molecule has 0 amide bonds. The van der Waals surface area contributed by atoms with Crippen LogP contribution in [0.3, 0.4) is 0 Å². The number of carbonyl (C=O) groups excluding carboxylic acids is 1. The molecule has 0 fully saturated rings. The van der Waals surface area contributed by atoms with E-state index in [9.17, 15) is 9.18 Å². The van der Waals surface area contributed by atoms with Gasteiger partial charge in [0.1, 0.15) is 5.82 Å². The Hall–Kier alpha value is -0.910. The number of carbonyl (C=O) groups is 1. The van der Waals surface area contributed by atoms with Gasteiger partial charge in [0.2, 0.25) is 0 Å². The third-order valence-corrected chi connectivity index (χ3v) is 3.54. The minimum atomic E-state index is -0.816. The summed E-state index contributed by atoms with van der Waals surface area (Å²) in [7, 11) is 0. The topological polar surface area (TPSA) is 57.5 Å². The molecule has 0 radical (unpaired) electrons. The summed E-state index contributed by atoms with van der Waals surface area (Å²) in [5.41, 5.74) is 0.449. The summed E-state index contributed by atoms with van der Waals surface area (Å²) in [4.78, 5) is 11.9. The van der Waals surface area contributed by atoms with Crippen molar-refractivity contribution in [1.82, 2.24) is 0 Å².